The average Bonchev–Trinajstić information content (AvgIpc) is 2.82. The van der Waals surface area contributed by atoms with Crippen molar-refractivity contribution >= 4 is 10.9 Å². The van der Waals surface area contributed by atoms with E-state index in [-0.39, 0.29) is 17.4 Å². The summed E-state index contributed by atoms with van der Waals surface area (Å²) in [5.74, 6) is 0.480. The van der Waals surface area contributed by atoms with E-state index in [2.05, 4.69) is 15.3 Å². The van der Waals surface area contributed by atoms with Gasteiger partial charge in [-0.1, -0.05) is 0 Å². The minimum absolute atomic E-state index is 0.193. The number of hydrogen-bond donors (Lipinski definition) is 3. The van der Waals surface area contributed by atoms with Crippen LogP contribution in [0.4, 0.5) is 0 Å². The van der Waals surface area contributed by atoms with Crippen molar-refractivity contribution in [3.63, 3.8) is 0 Å². The van der Waals surface area contributed by atoms with E-state index in [9.17, 15) is 9.90 Å². The second-order valence-corrected chi connectivity index (χ2v) is 4.35. The van der Waals surface area contributed by atoms with Crippen molar-refractivity contribution in [1.29, 1.82) is 0 Å². The lowest BCUT2D eigenvalue weighted by molar-refractivity contribution is 0.476. The molecule has 0 spiro atoms. The smallest absolute Gasteiger partial charge is 0.345 e. The summed E-state index contributed by atoms with van der Waals surface area (Å²) in [7, 11) is 0. The Kier molecular flexibility index (Phi) is 2.33. The second kappa shape index (κ2) is 3.85. The molecule has 0 radical (unpaired) electrons. The van der Waals surface area contributed by atoms with Gasteiger partial charge < -0.3 is 15.4 Å². The van der Waals surface area contributed by atoms with E-state index in [0.29, 0.717) is 5.52 Å². The molecule has 1 unspecified atom stereocenters. The van der Waals surface area contributed by atoms with Crippen molar-refractivity contribution in [1.82, 2.24) is 15.3 Å². The predicted octanol–water partition coefficient (Wildman–Crippen LogP) is 0.706. The summed E-state index contributed by atoms with van der Waals surface area (Å²) >= 11 is 0. The third-order valence-corrected chi connectivity index (χ3v) is 3.20. The van der Waals surface area contributed by atoms with Crippen LogP contribution in [0.2, 0.25) is 0 Å². The largest absolute Gasteiger partial charge is 0.508 e. The van der Waals surface area contributed by atoms with Crippen molar-refractivity contribution in [2.24, 2.45) is 0 Å². The van der Waals surface area contributed by atoms with Crippen molar-refractivity contribution in [3.05, 3.63) is 34.4 Å². The van der Waals surface area contributed by atoms with Gasteiger partial charge in [0, 0.05) is 23.5 Å². The molecule has 0 bridgehead atoms. The SMILES string of the molecule is O=c1nc2ccc(O)cc2c(C2CCNC2)[nH]1. The van der Waals surface area contributed by atoms with Crippen LogP contribution in [0.3, 0.4) is 0 Å². The maximum absolute atomic E-state index is 11.5. The zero-order valence-corrected chi connectivity index (χ0v) is 9.23. The lowest BCUT2D eigenvalue weighted by Crippen LogP contribution is -2.17. The second-order valence-electron chi connectivity index (χ2n) is 4.35. The topological polar surface area (TPSA) is 78.0 Å². The van der Waals surface area contributed by atoms with Crippen molar-refractivity contribution in [3.8, 4) is 5.75 Å². The highest BCUT2D eigenvalue weighted by Crippen LogP contribution is 2.27. The highest BCUT2D eigenvalue weighted by Gasteiger charge is 2.20. The molecule has 5 heteroatoms. The number of aromatic nitrogens is 2. The fourth-order valence-electron chi connectivity index (χ4n) is 2.38. The fraction of sp³-hybridized carbons (Fsp3) is 0.333. The van der Waals surface area contributed by atoms with Gasteiger partial charge in [-0.3, -0.25) is 0 Å². The summed E-state index contributed by atoms with van der Waals surface area (Å²) in [6.07, 6.45) is 0.991. The maximum Gasteiger partial charge on any atom is 0.345 e. The first-order valence-corrected chi connectivity index (χ1v) is 5.68. The van der Waals surface area contributed by atoms with Crippen LogP contribution in [-0.2, 0) is 0 Å². The summed E-state index contributed by atoms with van der Waals surface area (Å²) in [6, 6.07) is 4.88. The minimum atomic E-state index is -0.329. The van der Waals surface area contributed by atoms with Crippen LogP contribution < -0.4 is 11.0 Å². The Balaban J connectivity index is 2.27. The van der Waals surface area contributed by atoms with Crippen LogP contribution in [0.15, 0.2) is 23.0 Å². The molecule has 1 aromatic heterocycles. The van der Waals surface area contributed by atoms with Gasteiger partial charge >= 0.3 is 5.69 Å². The molecule has 3 N–H and O–H groups in total. The quantitative estimate of drug-likeness (QED) is 0.675. The Labute approximate surface area is 97.5 Å². The Bertz CT molecular complexity index is 615. The molecule has 2 aromatic rings. The number of hydrogen-bond acceptors (Lipinski definition) is 4. The van der Waals surface area contributed by atoms with Crippen LogP contribution in [0.25, 0.3) is 10.9 Å². The van der Waals surface area contributed by atoms with Crippen molar-refractivity contribution < 1.29 is 5.11 Å². The number of nitrogens with zero attached hydrogens (tertiary/aromatic N) is 1. The van der Waals surface area contributed by atoms with E-state index in [1.165, 1.54) is 0 Å². The first-order chi connectivity index (χ1) is 8.24. The first kappa shape index (κ1) is 10.3. The zero-order chi connectivity index (χ0) is 11.8. The lowest BCUT2D eigenvalue weighted by atomic mass is 10.00. The molecule has 17 heavy (non-hydrogen) atoms. The summed E-state index contributed by atoms with van der Waals surface area (Å²) in [5.41, 5.74) is 1.18. The van der Waals surface area contributed by atoms with Gasteiger partial charge in [-0.05, 0) is 31.2 Å². The molecule has 1 atom stereocenters. The Morgan fingerprint density at radius 3 is 3.06 bits per heavy atom. The van der Waals surface area contributed by atoms with Gasteiger partial charge in [0.2, 0.25) is 0 Å². The number of nitrogens with one attached hydrogen (secondary N) is 2. The Morgan fingerprint density at radius 1 is 1.41 bits per heavy atom. The molecule has 1 saturated heterocycles. The molecule has 1 aromatic carbocycles. The number of fused-ring (bicyclic) bond motifs is 1. The molecule has 3 rings (SSSR count). The summed E-state index contributed by atoms with van der Waals surface area (Å²) < 4.78 is 0. The van der Waals surface area contributed by atoms with Gasteiger partial charge in [-0.15, -0.1) is 0 Å². The molecule has 5 nitrogen and oxygen atoms in total. The standard InChI is InChI=1S/C12H13N3O2/c16-8-1-2-10-9(5-8)11(15-12(17)14-10)7-3-4-13-6-7/h1-2,5,7,13,16H,3-4,6H2,(H,14,15,17). The van der Waals surface area contributed by atoms with Crippen molar-refractivity contribution in [2.75, 3.05) is 13.1 Å². The molecule has 1 aliphatic heterocycles. The molecule has 88 valence electrons. The predicted molar refractivity (Wildman–Crippen MR) is 64.3 cm³/mol. The van der Waals surface area contributed by atoms with E-state index in [1.54, 1.807) is 18.2 Å². The van der Waals surface area contributed by atoms with Gasteiger partial charge in [0.25, 0.3) is 0 Å². The van der Waals surface area contributed by atoms with Gasteiger partial charge in [0.15, 0.2) is 0 Å². The molecule has 1 fully saturated rings. The van der Waals surface area contributed by atoms with Gasteiger partial charge in [0.1, 0.15) is 5.75 Å². The number of benzene rings is 1. The summed E-state index contributed by atoms with van der Waals surface area (Å²) in [5, 5.41) is 13.6. The lowest BCUT2D eigenvalue weighted by Gasteiger charge is -2.11. The molecule has 2 heterocycles. The van der Waals surface area contributed by atoms with Gasteiger partial charge in [-0.25, -0.2) is 4.79 Å². The van der Waals surface area contributed by atoms with E-state index < -0.39 is 0 Å². The zero-order valence-electron chi connectivity index (χ0n) is 9.23. The van der Waals surface area contributed by atoms with E-state index in [0.717, 1.165) is 30.6 Å². The maximum atomic E-state index is 11.5. The van der Waals surface area contributed by atoms with E-state index in [4.69, 9.17) is 0 Å². The molecular weight excluding hydrogens is 218 g/mol. The number of phenolic OH excluding ortho intramolecular Hbond substituents is 1. The van der Waals surface area contributed by atoms with Crippen molar-refractivity contribution in [2.45, 2.75) is 12.3 Å². The minimum Gasteiger partial charge on any atom is -0.508 e. The number of rotatable bonds is 1. The number of H-pyrrole nitrogens is 1. The average molecular weight is 231 g/mol. The molecule has 1 aliphatic rings. The number of aromatic amines is 1. The normalized spacial score (nSPS) is 19.9. The monoisotopic (exact) mass is 231 g/mol. The molecule has 0 aliphatic carbocycles. The first-order valence-electron chi connectivity index (χ1n) is 5.68. The van der Waals surface area contributed by atoms with Crippen LogP contribution >= 0.6 is 0 Å². The van der Waals surface area contributed by atoms with E-state index >= 15 is 0 Å². The van der Waals surface area contributed by atoms with E-state index in [1.807, 2.05) is 0 Å². The highest BCUT2D eigenvalue weighted by atomic mass is 16.3. The Morgan fingerprint density at radius 2 is 2.29 bits per heavy atom. The Hall–Kier alpha value is -1.88. The molecule has 0 saturated carbocycles. The third-order valence-electron chi connectivity index (χ3n) is 3.20. The van der Waals surface area contributed by atoms with Gasteiger partial charge in [-0.2, -0.15) is 4.98 Å². The summed E-state index contributed by atoms with van der Waals surface area (Å²) in [4.78, 5) is 18.2. The van der Waals surface area contributed by atoms with Crippen LogP contribution in [-0.4, -0.2) is 28.2 Å². The highest BCUT2D eigenvalue weighted by molar-refractivity contribution is 5.82. The van der Waals surface area contributed by atoms with Crippen LogP contribution in [0, 0.1) is 0 Å². The number of phenols is 1. The third kappa shape index (κ3) is 1.78. The number of aromatic hydroxyl groups is 1. The molecular formula is C12H13N3O2. The van der Waals surface area contributed by atoms with Gasteiger partial charge in [0.05, 0.1) is 5.52 Å². The summed E-state index contributed by atoms with van der Waals surface area (Å²) in [6.45, 7) is 1.81. The van der Waals surface area contributed by atoms with Crippen LogP contribution in [0.1, 0.15) is 18.0 Å². The van der Waals surface area contributed by atoms with Crippen LogP contribution in [0.5, 0.6) is 5.75 Å². The fourth-order valence-corrected chi connectivity index (χ4v) is 2.38. The molecule has 0 amide bonds.